The fourth-order valence-electron chi connectivity index (χ4n) is 4.97. The van der Waals surface area contributed by atoms with Crippen molar-refractivity contribution in [3.63, 3.8) is 0 Å². The second kappa shape index (κ2) is 13.3. The minimum atomic E-state index is -0.150. The van der Waals surface area contributed by atoms with E-state index in [9.17, 15) is 4.79 Å². The zero-order valence-corrected chi connectivity index (χ0v) is 23.2. The van der Waals surface area contributed by atoms with Gasteiger partial charge in [0.05, 0.1) is 25.2 Å². The zero-order chi connectivity index (χ0) is 23.0. The van der Waals surface area contributed by atoms with Gasteiger partial charge in [-0.15, -0.1) is 0 Å². The Bertz CT molecular complexity index is 825. The molecule has 1 atom stereocenters. The summed E-state index contributed by atoms with van der Waals surface area (Å²) in [6.07, 6.45) is 2.25. The van der Waals surface area contributed by atoms with E-state index in [1.807, 2.05) is 19.1 Å². The molecule has 3 nitrogen and oxygen atoms in total. The molecule has 0 aliphatic heterocycles. The van der Waals surface area contributed by atoms with Gasteiger partial charge < -0.3 is 33.2 Å². The number of carbonyl (C=O) groups is 1. The lowest BCUT2D eigenvalue weighted by Crippen LogP contribution is -3.00. The zero-order valence-electron chi connectivity index (χ0n) is 21.0. The third-order valence-electron chi connectivity index (χ3n) is 6.90. The Kier molecular flexibility index (Phi) is 11.9. The van der Waals surface area contributed by atoms with Crippen LogP contribution in [0.1, 0.15) is 83.4 Å². The fourth-order valence-corrected chi connectivity index (χ4v) is 4.97. The van der Waals surface area contributed by atoms with Crippen molar-refractivity contribution < 1.29 is 38.0 Å². The Balaban J connectivity index is 0.00000512. The lowest BCUT2D eigenvalue weighted by Gasteiger charge is -2.46. The van der Waals surface area contributed by atoms with E-state index in [2.05, 4.69) is 77.9 Å². The van der Waals surface area contributed by atoms with Gasteiger partial charge in [-0.2, -0.15) is 0 Å². The molecule has 0 aliphatic rings. The number of hydrogen-bond acceptors (Lipinski definition) is 2. The van der Waals surface area contributed by atoms with Crippen LogP contribution in [0, 0.1) is 6.92 Å². The predicted octanol–water partition coefficient (Wildman–Crippen LogP) is 3.88. The number of quaternary nitrogens is 1. The van der Waals surface area contributed by atoms with Gasteiger partial charge in [0.25, 0.3) is 0 Å². The molecule has 0 heterocycles. The summed E-state index contributed by atoms with van der Waals surface area (Å²) in [5.41, 5.74) is 3.59. The van der Waals surface area contributed by atoms with E-state index in [1.165, 1.54) is 11.1 Å². The quantitative estimate of drug-likeness (QED) is 0.184. The van der Waals surface area contributed by atoms with Crippen molar-refractivity contribution >= 4 is 5.97 Å². The Morgan fingerprint density at radius 3 is 2.12 bits per heavy atom. The summed E-state index contributed by atoms with van der Waals surface area (Å²) in [7, 11) is 0. The van der Waals surface area contributed by atoms with Crippen molar-refractivity contribution in [3.8, 4) is 5.75 Å². The summed E-state index contributed by atoms with van der Waals surface area (Å²) in [6.45, 7) is 18.0. The Hall–Kier alpha value is -1.40. The second-order valence-corrected chi connectivity index (χ2v) is 9.35. The minimum absolute atomic E-state index is 0. The summed E-state index contributed by atoms with van der Waals surface area (Å²) in [5.74, 6) is 0.746. The van der Waals surface area contributed by atoms with Crippen LogP contribution in [0.4, 0.5) is 0 Å². The normalized spacial score (nSPS) is 12.5. The van der Waals surface area contributed by atoms with Gasteiger partial charge in [0.15, 0.2) is 0 Å². The highest BCUT2D eigenvalue weighted by atomic mass is 127. The van der Waals surface area contributed by atoms with Crippen molar-refractivity contribution in [2.75, 3.05) is 13.1 Å². The van der Waals surface area contributed by atoms with Crippen molar-refractivity contribution in [2.45, 2.75) is 85.7 Å². The summed E-state index contributed by atoms with van der Waals surface area (Å²) in [4.78, 5) is 12.3. The molecule has 2 aromatic carbocycles. The largest absolute Gasteiger partial charge is 1.00 e. The highest BCUT2D eigenvalue weighted by Crippen LogP contribution is 2.37. The van der Waals surface area contributed by atoms with Crippen LogP contribution in [-0.4, -0.2) is 35.6 Å². The maximum absolute atomic E-state index is 12.3. The lowest BCUT2D eigenvalue weighted by atomic mass is 9.86. The van der Waals surface area contributed by atoms with Gasteiger partial charge in [-0.25, -0.2) is 0 Å². The van der Waals surface area contributed by atoms with E-state index in [4.69, 9.17) is 4.74 Å². The number of hydrogen-bond donors (Lipinski definition) is 0. The highest BCUT2D eigenvalue weighted by molar-refractivity contribution is 5.73. The van der Waals surface area contributed by atoms with Gasteiger partial charge >= 0.3 is 5.97 Å². The molecule has 0 fully saturated rings. The van der Waals surface area contributed by atoms with Crippen LogP contribution in [0.2, 0.25) is 0 Å². The first-order chi connectivity index (χ1) is 14.7. The summed E-state index contributed by atoms with van der Waals surface area (Å²) in [6, 6.07) is 18.0. The average molecular weight is 552 g/mol. The van der Waals surface area contributed by atoms with Gasteiger partial charge in [-0.1, -0.05) is 55.0 Å². The van der Waals surface area contributed by atoms with Gasteiger partial charge in [-0.3, -0.25) is 4.79 Å². The van der Waals surface area contributed by atoms with Gasteiger partial charge in [0.1, 0.15) is 5.75 Å². The monoisotopic (exact) mass is 551 g/mol. The highest BCUT2D eigenvalue weighted by Gasteiger charge is 2.34. The van der Waals surface area contributed by atoms with E-state index in [1.54, 1.807) is 0 Å². The molecule has 178 valence electrons. The second-order valence-electron chi connectivity index (χ2n) is 9.35. The number of carbonyl (C=O) groups excluding carboxylic acids is 1. The first-order valence-corrected chi connectivity index (χ1v) is 12.0. The third-order valence-corrected chi connectivity index (χ3v) is 6.90. The van der Waals surface area contributed by atoms with E-state index in [0.29, 0.717) is 24.3 Å². The Labute approximate surface area is 213 Å². The first-order valence-electron chi connectivity index (χ1n) is 12.0. The van der Waals surface area contributed by atoms with Crippen LogP contribution in [-0.2, 0) is 4.79 Å². The smallest absolute Gasteiger partial charge is 0.311 e. The molecule has 2 rings (SSSR count). The van der Waals surface area contributed by atoms with Crippen molar-refractivity contribution in [1.29, 1.82) is 0 Å². The number of halogens is 1. The molecule has 0 N–H and O–H groups in total. The summed E-state index contributed by atoms with van der Waals surface area (Å²) in [5, 5.41) is 0. The number of nitrogens with zero attached hydrogens (tertiary/aromatic N) is 1. The van der Waals surface area contributed by atoms with Crippen molar-refractivity contribution in [3.05, 3.63) is 65.2 Å². The van der Waals surface area contributed by atoms with Gasteiger partial charge in [-0.05, 0) is 59.6 Å². The number of benzene rings is 2. The minimum Gasteiger partial charge on any atom is -1.00 e. The van der Waals surface area contributed by atoms with Gasteiger partial charge in [0, 0.05) is 24.3 Å². The molecule has 32 heavy (non-hydrogen) atoms. The molecule has 0 bridgehead atoms. The SMILES string of the molecule is CCCC(=O)Oc1ccc(C)cc1[C@H](CC[N+](CC)(C(C)C)C(C)C)c1ccccc1.[I-]. The standard InChI is InChI=1S/C28H42NO2.HI/c1-8-13-28(30)31-27-17-16-23(7)20-26(27)25(24-14-11-10-12-15-24)18-19-29(9-2,21(3)4)22(5)6;/h10-12,14-17,20-22,25H,8-9,13,18-19H2,1-7H3;1H/q+1;/p-1/t25-;/m1./s1. The molecule has 2 aromatic rings. The number of aryl methyl sites for hydroxylation is 1. The van der Waals surface area contributed by atoms with E-state index < -0.39 is 0 Å². The third kappa shape index (κ3) is 7.05. The Morgan fingerprint density at radius 2 is 1.59 bits per heavy atom. The fraction of sp³-hybridized carbons (Fsp3) is 0.536. The number of esters is 1. The molecule has 0 saturated heterocycles. The molecule has 0 amide bonds. The van der Waals surface area contributed by atoms with Gasteiger partial charge in [0.2, 0.25) is 0 Å². The van der Waals surface area contributed by atoms with Crippen LogP contribution in [0.15, 0.2) is 48.5 Å². The Morgan fingerprint density at radius 1 is 0.969 bits per heavy atom. The van der Waals surface area contributed by atoms with Crippen LogP contribution >= 0.6 is 0 Å². The average Bonchev–Trinajstić information content (AvgIpc) is 2.73. The van der Waals surface area contributed by atoms with Crippen molar-refractivity contribution in [1.82, 2.24) is 0 Å². The molecule has 0 saturated carbocycles. The molecule has 0 radical (unpaired) electrons. The molecule has 0 unspecified atom stereocenters. The van der Waals surface area contributed by atoms with E-state index >= 15 is 0 Å². The summed E-state index contributed by atoms with van der Waals surface area (Å²) < 4.78 is 6.94. The van der Waals surface area contributed by atoms with Crippen LogP contribution in [0.5, 0.6) is 5.75 Å². The first kappa shape index (κ1) is 28.6. The summed E-state index contributed by atoms with van der Waals surface area (Å²) >= 11 is 0. The van der Waals surface area contributed by atoms with E-state index in [-0.39, 0.29) is 35.9 Å². The molecule has 4 heteroatoms. The molecular formula is C28H42INO2. The number of rotatable bonds is 11. The molecule has 0 aromatic heterocycles. The van der Waals surface area contributed by atoms with E-state index in [0.717, 1.165) is 36.0 Å². The van der Waals surface area contributed by atoms with Crippen molar-refractivity contribution in [2.24, 2.45) is 0 Å². The molecule has 0 aliphatic carbocycles. The lowest BCUT2D eigenvalue weighted by molar-refractivity contribution is -0.965. The predicted molar refractivity (Wildman–Crippen MR) is 131 cm³/mol. The number of ether oxygens (including phenoxy) is 1. The molecular weight excluding hydrogens is 509 g/mol. The van der Waals surface area contributed by atoms with Crippen LogP contribution in [0.3, 0.4) is 0 Å². The maximum atomic E-state index is 12.3. The van der Waals surface area contributed by atoms with Crippen LogP contribution < -0.4 is 28.7 Å². The maximum Gasteiger partial charge on any atom is 0.311 e. The van der Waals surface area contributed by atoms with Crippen LogP contribution in [0.25, 0.3) is 0 Å². The molecule has 0 spiro atoms. The topological polar surface area (TPSA) is 26.3 Å².